The molecular weight excluding hydrogens is 202 g/mol. The average molecular weight is 221 g/mol. The van der Waals surface area contributed by atoms with Crippen molar-refractivity contribution >= 4 is 12.0 Å². The zero-order valence-corrected chi connectivity index (χ0v) is 10.1. The van der Waals surface area contributed by atoms with Crippen LogP contribution in [0, 0.1) is 0 Å². The smallest absolute Gasteiger partial charge is 0.328 e. The lowest BCUT2D eigenvalue weighted by molar-refractivity contribution is -0.131. The lowest BCUT2D eigenvalue weighted by atomic mass is 10.2. The van der Waals surface area contributed by atoms with Crippen molar-refractivity contribution in [2.24, 2.45) is 0 Å². The minimum atomic E-state index is -0.922. The van der Waals surface area contributed by atoms with Crippen LogP contribution in [0.1, 0.15) is 12.5 Å². The van der Waals surface area contributed by atoms with Crippen LogP contribution in [-0.4, -0.2) is 36.6 Å². The normalized spacial score (nSPS) is 10.0. The first kappa shape index (κ1) is 14.4. The van der Waals surface area contributed by atoms with Crippen molar-refractivity contribution < 1.29 is 9.90 Å². The number of aliphatic carboxylic acids is 1. The summed E-state index contributed by atoms with van der Waals surface area (Å²) in [5, 5.41) is 8.29. The molecule has 88 valence electrons. The van der Waals surface area contributed by atoms with E-state index >= 15 is 0 Å². The van der Waals surface area contributed by atoms with Crippen LogP contribution in [0.3, 0.4) is 0 Å². The minimum Gasteiger partial charge on any atom is -0.478 e. The van der Waals surface area contributed by atoms with Gasteiger partial charge in [0.2, 0.25) is 0 Å². The Balaban J connectivity index is 0.000000385. The van der Waals surface area contributed by atoms with Gasteiger partial charge < -0.3 is 10.0 Å². The summed E-state index contributed by atoms with van der Waals surface area (Å²) in [5.41, 5.74) is 0.898. The Hall–Kier alpha value is -1.61. The van der Waals surface area contributed by atoms with Crippen molar-refractivity contribution in [3.63, 3.8) is 0 Å². The van der Waals surface area contributed by atoms with E-state index in [-0.39, 0.29) is 0 Å². The summed E-state index contributed by atoms with van der Waals surface area (Å²) in [7, 11) is 4.11. The van der Waals surface area contributed by atoms with Crippen molar-refractivity contribution in [3.05, 3.63) is 42.0 Å². The molecule has 0 heterocycles. The Kier molecular flexibility index (Phi) is 7.81. The lowest BCUT2D eigenvalue weighted by Crippen LogP contribution is -2.08. The van der Waals surface area contributed by atoms with Gasteiger partial charge in [-0.25, -0.2) is 4.79 Å². The maximum atomic E-state index is 10.1. The highest BCUT2D eigenvalue weighted by Gasteiger charge is 1.85. The predicted molar refractivity (Wildman–Crippen MR) is 67.3 cm³/mol. The zero-order chi connectivity index (χ0) is 12.4. The topological polar surface area (TPSA) is 40.5 Å². The summed E-state index contributed by atoms with van der Waals surface area (Å²) < 4.78 is 0. The van der Waals surface area contributed by atoms with Gasteiger partial charge in [0.25, 0.3) is 0 Å². The van der Waals surface area contributed by atoms with Gasteiger partial charge in [-0.1, -0.05) is 37.3 Å². The summed E-state index contributed by atoms with van der Waals surface area (Å²) in [6, 6.07) is 9.31. The van der Waals surface area contributed by atoms with Gasteiger partial charge in [-0.2, -0.15) is 0 Å². The molecule has 0 aliphatic carbocycles. The van der Waals surface area contributed by atoms with Crippen LogP contribution < -0.4 is 0 Å². The molecule has 0 unspecified atom stereocenters. The molecule has 1 N–H and O–H groups in total. The number of hydrogen-bond donors (Lipinski definition) is 1. The monoisotopic (exact) mass is 221 g/mol. The molecule has 0 fully saturated rings. The first-order chi connectivity index (χ1) is 7.56. The summed E-state index contributed by atoms with van der Waals surface area (Å²) in [4.78, 5) is 12.2. The molecule has 0 atom stereocenters. The molecular formula is C13H19NO2. The van der Waals surface area contributed by atoms with Gasteiger partial charge in [0.05, 0.1) is 0 Å². The summed E-state index contributed by atoms with van der Waals surface area (Å²) >= 11 is 0. The Morgan fingerprint density at radius 3 is 2.19 bits per heavy atom. The summed E-state index contributed by atoms with van der Waals surface area (Å²) in [6.45, 7) is 3.26. The van der Waals surface area contributed by atoms with Crippen LogP contribution in [-0.2, 0) is 4.79 Å². The standard InChI is InChI=1S/C9H8O2.C4H11N/c10-9(11)7-6-8-4-2-1-3-5-8;1-4-5(2)3/h1-7H,(H,10,11);4H2,1-3H3. The van der Waals surface area contributed by atoms with Crippen LogP contribution in [0.25, 0.3) is 6.08 Å². The van der Waals surface area contributed by atoms with Gasteiger partial charge in [0.15, 0.2) is 0 Å². The molecule has 0 amide bonds. The summed E-state index contributed by atoms with van der Waals surface area (Å²) in [5.74, 6) is -0.922. The molecule has 0 saturated heterocycles. The van der Waals surface area contributed by atoms with E-state index in [9.17, 15) is 4.79 Å². The first-order valence-corrected chi connectivity index (χ1v) is 5.17. The molecule has 3 nitrogen and oxygen atoms in total. The van der Waals surface area contributed by atoms with Gasteiger partial charge in [0, 0.05) is 6.08 Å². The van der Waals surface area contributed by atoms with Gasteiger partial charge >= 0.3 is 5.97 Å². The van der Waals surface area contributed by atoms with Crippen molar-refractivity contribution in [3.8, 4) is 0 Å². The highest BCUT2D eigenvalue weighted by Crippen LogP contribution is 1.99. The molecule has 0 aliphatic heterocycles. The van der Waals surface area contributed by atoms with Crippen molar-refractivity contribution in [2.45, 2.75) is 6.92 Å². The number of carboxylic acids is 1. The van der Waals surface area contributed by atoms with Crippen LogP contribution in [0.15, 0.2) is 36.4 Å². The number of benzene rings is 1. The van der Waals surface area contributed by atoms with Crippen molar-refractivity contribution in [1.29, 1.82) is 0 Å². The maximum absolute atomic E-state index is 10.1. The first-order valence-electron chi connectivity index (χ1n) is 5.17. The van der Waals surface area contributed by atoms with Crippen LogP contribution in [0.5, 0.6) is 0 Å². The highest BCUT2D eigenvalue weighted by atomic mass is 16.4. The minimum absolute atomic E-state index is 0.898. The lowest BCUT2D eigenvalue weighted by Gasteiger charge is -2.00. The SMILES string of the molecule is CCN(C)C.O=C(O)C=Cc1ccccc1. The van der Waals surface area contributed by atoms with Gasteiger partial charge in [0.1, 0.15) is 0 Å². The molecule has 1 aromatic carbocycles. The van der Waals surface area contributed by atoms with E-state index < -0.39 is 5.97 Å². The maximum Gasteiger partial charge on any atom is 0.328 e. The van der Waals surface area contributed by atoms with E-state index in [0.717, 1.165) is 18.2 Å². The van der Waals surface area contributed by atoms with E-state index in [2.05, 4.69) is 25.9 Å². The second kappa shape index (κ2) is 8.68. The molecule has 0 saturated carbocycles. The number of nitrogens with zero attached hydrogens (tertiary/aromatic N) is 1. The fraction of sp³-hybridized carbons (Fsp3) is 0.308. The third-order valence-electron chi connectivity index (χ3n) is 1.85. The van der Waals surface area contributed by atoms with Crippen LogP contribution >= 0.6 is 0 Å². The van der Waals surface area contributed by atoms with Gasteiger partial charge in [-0.3, -0.25) is 0 Å². The average Bonchev–Trinajstić information content (AvgIpc) is 2.28. The van der Waals surface area contributed by atoms with Crippen LogP contribution in [0.4, 0.5) is 0 Å². The molecule has 0 radical (unpaired) electrons. The molecule has 0 spiro atoms. The Labute approximate surface area is 97.0 Å². The van der Waals surface area contributed by atoms with E-state index in [1.165, 1.54) is 0 Å². The van der Waals surface area contributed by atoms with Crippen LogP contribution in [0.2, 0.25) is 0 Å². The van der Waals surface area contributed by atoms with E-state index in [1.807, 2.05) is 30.3 Å². The molecule has 0 bridgehead atoms. The fourth-order valence-electron chi connectivity index (χ4n) is 0.732. The van der Waals surface area contributed by atoms with Crippen molar-refractivity contribution in [1.82, 2.24) is 4.90 Å². The molecule has 0 aliphatic rings. The Bertz CT molecular complexity index is 318. The van der Waals surface area contributed by atoms with Gasteiger partial charge in [-0.15, -0.1) is 0 Å². The second-order valence-corrected chi connectivity index (χ2v) is 3.48. The second-order valence-electron chi connectivity index (χ2n) is 3.48. The molecule has 0 aromatic heterocycles. The fourth-order valence-corrected chi connectivity index (χ4v) is 0.732. The Morgan fingerprint density at radius 2 is 1.81 bits per heavy atom. The number of rotatable bonds is 3. The third-order valence-corrected chi connectivity index (χ3v) is 1.85. The van der Waals surface area contributed by atoms with E-state index in [4.69, 9.17) is 5.11 Å². The summed E-state index contributed by atoms with van der Waals surface area (Å²) in [6.07, 6.45) is 2.68. The quantitative estimate of drug-likeness (QED) is 0.796. The van der Waals surface area contributed by atoms with Crippen molar-refractivity contribution in [2.75, 3.05) is 20.6 Å². The third kappa shape index (κ3) is 8.97. The van der Waals surface area contributed by atoms with Gasteiger partial charge in [-0.05, 0) is 32.3 Å². The predicted octanol–water partition coefficient (Wildman–Crippen LogP) is 2.35. The largest absolute Gasteiger partial charge is 0.478 e. The number of hydrogen-bond acceptors (Lipinski definition) is 2. The van der Waals surface area contributed by atoms with E-state index in [1.54, 1.807) is 6.08 Å². The number of carbonyl (C=O) groups is 1. The van der Waals surface area contributed by atoms with E-state index in [0.29, 0.717) is 0 Å². The number of carboxylic acid groups (broad SMARTS) is 1. The molecule has 3 heteroatoms. The Morgan fingerprint density at radius 1 is 1.31 bits per heavy atom. The highest BCUT2D eigenvalue weighted by molar-refractivity contribution is 5.85. The molecule has 1 rings (SSSR count). The zero-order valence-electron chi connectivity index (χ0n) is 10.1. The molecule has 1 aromatic rings. The molecule has 16 heavy (non-hydrogen) atoms.